The highest BCUT2D eigenvalue weighted by molar-refractivity contribution is 7.12. The quantitative estimate of drug-likeness (QED) is 0.842. The number of nitrogens with two attached hydrogens (primary N) is 1. The topological polar surface area (TPSA) is 32.5 Å². The molecule has 0 spiro atoms. The SMILES string of the molecule is CN(Cc1ccc(C#CCN)s1)CC1(N(C)C)CCC1. The Morgan fingerprint density at radius 3 is 2.60 bits per heavy atom. The lowest BCUT2D eigenvalue weighted by Crippen LogP contribution is -2.56. The van der Waals surface area contributed by atoms with E-state index in [2.05, 4.69) is 54.9 Å². The summed E-state index contributed by atoms with van der Waals surface area (Å²) in [6, 6.07) is 4.28. The molecule has 1 aromatic heterocycles. The summed E-state index contributed by atoms with van der Waals surface area (Å²) in [6.07, 6.45) is 4.01. The Morgan fingerprint density at radius 2 is 2.05 bits per heavy atom. The van der Waals surface area contributed by atoms with Crippen LogP contribution in [0.2, 0.25) is 0 Å². The van der Waals surface area contributed by atoms with E-state index in [0.29, 0.717) is 12.1 Å². The molecule has 1 aliphatic rings. The summed E-state index contributed by atoms with van der Waals surface area (Å²) in [6.45, 7) is 2.57. The molecule has 0 amide bonds. The van der Waals surface area contributed by atoms with Crippen molar-refractivity contribution in [3.8, 4) is 11.8 Å². The van der Waals surface area contributed by atoms with Crippen molar-refractivity contribution < 1.29 is 0 Å². The van der Waals surface area contributed by atoms with E-state index in [9.17, 15) is 0 Å². The largest absolute Gasteiger partial charge is 0.320 e. The van der Waals surface area contributed by atoms with Gasteiger partial charge < -0.3 is 10.6 Å². The smallest absolute Gasteiger partial charge is 0.0772 e. The lowest BCUT2D eigenvalue weighted by Gasteiger charge is -2.49. The second-order valence-electron chi connectivity index (χ2n) is 5.92. The summed E-state index contributed by atoms with van der Waals surface area (Å²) in [7, 11) is 6.63. The first kappa shape index (κ1) is 15.5. The molecule has 4 heteroatoms. The Labute approximate surface area is 126 Å². The van der Waals surface area contributed by atoms with Gasteiger partial charge in [-0.25, -0.2) is 0 Å². The molecule has 110 valence electrons. The van der Waals surface area contributed by atoms with Gasteiger partial charge in [0.25, 0.3) is 0 Å². The van der Waals surface area contributed by atoms with Crippen LogP contribution in [0.4, 0.5) is 0 Å². The van der Waals surface area contributed by atoms with Crippen LogP contribution in [0.1, 0.15) is 29.0 Å². The van der Waals surface area contributed by atoms with Crippen molar-refractivity contribution >= 4 is 11.3 Å². The van der Waals surface area contributed by atoms with Crippen molar-refractivity contribution in [1.29, 1.82) is 0 Å². The van der Waals surface area contributed by atoms with Crippen LogP contribution in [0.3, 0.4) is 0 Å². The summed E-state index contributed by atoms with van der Waals surface area (Å²) in [5.74, 6) is 6.01. The van der Waals surface area contributed by atoms with Gasteiger partial charge in [0.05, 0.1) is 11.4 Å². The predicted octanol–water partition coefficient (Wildman–Crippen LogP) is 1.97. The van der Waals surface area contributed by atoms with Gasteiger partial charge in [0.15, 0.2) is 0 Å². The van der Waals surface area contributed by atoms with Gasteiger partial charge in [-0.2, -0.15) is 0 Å². The average molecular weight is 291 g/mol. The Kier molecular flexibility index (Phi) is 5.22. The number of rotatable bonds is 5. The molecule has 0 bridgehead atoms. The fourth-order valence-electron chi connectivity index (χ4n) is 2.82. The summed E-state index contributed by atoms with van der Waals surface area (Å²) >= 11 is 1.78. The maximum absolute atomic E-state index is 5.40. The van der Waals surface area contributed by atoms with Crippen LogP contribution < -0.4 is 5.73 Å². The van der Waals surface area contributed by atoms with Gasteiger partial charge in [-0.15, -0.1) is 11.3 Å². The van der Waals surface area contributed by atoms with E-state index in [1.165, 1.54) is 24.1 Å². The number of thiophene rings is 1. The first-order chi connectivity index (χ1) is 9.55. The molecule has 1 fully saturated rings. The average Bonchev–Trinajstić information content (AvgIpc) is 2.78. The van der Waals surface area contributed by atoms with Crippen LogP contribution in [0, 0.1) is 11.8 Å². The predicted molar refractivity (Wildman–Crippen MR) is 86.9 cm³/mol. The van der Waals surface area contributed by atoms with E-state index >= 15 is 0 Å². The summed E-state index contributed by atoms with van der Waals surface area (Å²) < 4.78 is 0. The van der Waals surface area contributed by atoms with Crippen molar-refractivity contribution in [1.82, 2.24) is 9.80 Å². The molecule has 1 saturated carbocycles. The molecule has 20 heavy (non-hydrogen) atoms. The number of hydrogen-bond acceptors (Lipinski definition) is 4. The van der Waals surface area contributed by atoms with Gasteiger partial charge in [0, 0.05) is 23.5 Å². The van der Waals surface area contributed by atoms with Crippen LogP contribution in [-0.4, -0.2) is 49.6 Å². The zero-order chi connectivity index (χ0) is 14.6. The molecular weight excluding hydrogens is 266 g/mol. The third kappa shape index (κ3) is 3.62. The summed E-state index contributed by atoms with van der Waals surface area (Å²) in [5, 5.41) is 0. The Bertz CT molecular complexity index is 491. The highest BCUT2D eigenvalue weighted by Gasteiger charge is 2.39. The fraction of sp³-hybridized carbons (Fsp3) is 0.625. The third-order valence-corrected chi connectivity index (χ3v) is 5.18. The first-order valence-electron chi connectivity index (χ1n) is 7.19. The number of nitrogens with zero attached hydrogens (tertiary/aromatic N) is 2. The van der Waals surface area contributed by atoms with Crippen LogP contribution in [-0.2, 0) is 6.54 Å². The van der Waals surface area contributed by atoms with Gasteiger partial charge in [-0.3, -0.25) is 4.90 Å². The minimum atomic E-state index is 0.397. The Hall–Kier alpha value is -0.860. The lowest BCUT2D eigenvalue weighted by molar-refractivity contribution is 0.0261. The number of hydrogen-bond donors (Lipinski definition) is 1. The molecule has 3 nitrogen and oxygen atoms in total. The van der Waals surface area contributed by atoms with Gasteiger partial charge in [0.1, 0.15) is 0 Å². The highest BCUT2D eigenvalue weighted by atomic mass is 32.1. The summed E-state index contributed by atoms with van der Waals surface area (Å²) in [4.78, 5) is 7.33. The van der Waals surface area contributed by atoms with E-state index in [-0.39, 0.29) is 0 Å². The van der Waals surface area contributed by atoms with Crippen molar-refractivity contribution in [2.45, 2.75) is 31.3 Å². The molecule has 2 N–H and O–H groups in total. The van der Waals surface area contributed by atoms with Crippen LogP contribution in [0.25, 0.3) is 0 Å². The van der Waals surface area contributed by atoms with E-state index in [0.717, 1.165) is 18.0 Å². The first-order valence-corrected chi connectivity index (χ1v) is 8.01. The van der Waals surface area contributed by atoms with Gasteiger partial charge in [-0.05, 0) is 52.5 Å². The molecule has 0 aliphatic heterocycles. The molecule has 1 heterocycles. The van der Waals surface area contributed by atoms with Crippen LogP contribution in [0.15, 0.2) is 12.1 Å². The normalized spacial score (nSPS) is 16.9. The summed E-state index contributed by atoms with van der Waals surface area (Å²) in [5.41, 5.74) is 5.80. The molecule has 1 aliphatic carbocycles. The monoisotopic (exact) mass is 291 g/mol. The molecule has 0 radical (unpaired) electrons. The van der Waals surface area contributed by atoms with E-state index in [1.54, 1.807) is 11.3 Å². The van der Waals surface area contributed by atoms with Crippen LogP contribution in [0.5, 0.6) is 0 Å². The van der Waals surface area contributed by atoms with Gasteiger partial charge >= 0.3 is 0 Å². The van der Waals surface area contributed by atoms with Crippen molar-refractivity contribution in [2.75, 3.05) is 34.2 Å². The highest BCUT2D eigenvalue weighted by Crippen LogP contribution is 2.36. The second kappa shape index (κ2) is 6.73. The molecular formula is C16H25N3S. The molecule has 1 aromatic rings. The zero-order valence-corrected chi connectivity index (χ0v) is 13.6. The minimum absolute atomic E-state index is 0.397. The molecule has 0 atom stereocenters. The third-order valence-electron chi connectivity index (χ3n) is 4.20. The van der Waals surface area contributed by atoms with Gasteiger partial charge in [-0.1, -0.05) is 11.8 Å². The molecule has 2 rings (SSSR count). The Morgan fingerprint density at radius 1 is 1.30 bits per heavy atom. The standard InChI is InChI=1S/C16H25N3S/c1-18(2)16(9-5-10-16)13-19(3)12-15-8-7-14(20-15)6-4-11-17/h7-8H,5,9-13,17H2,1-3H3. The van der Waals surface area contributed by atoms with Crippen molar-refractivity contribution in [3.63, 3.8) is 0 Å². The lowest BCUT2D eigenvalue weighted by atomic mass is 9.75. The molecule has 0 aromatic carbocycles. The van der Waals surface area contributed by atoms with E-state index in [1.807, 2.05) is 0 Å². The molecule has 0 unspecified atom stereocenters. The maximum atomic E-state index is 5.40. The second-order valence-corrected chi connectivity index (χ2v) is 7.08. The number of likely N-dealkylation sites (N-methyl/N-ethyl adjacent to an activating group) is 2. The van der Waals surface area contributed by atoms with Crippen molar-refractivity contribution in [3.05, 3.63) is 21.9 Å². The molecule has 0 saturated heterocycles. The zero-order valence-electron chi connectivity index (χ0n) is 12.8. The van der Waals surface area contributed by atoms with E-state index in [4.69, 9.17) is 5.73 Å². The van der Waals surface area contributed by atoms with Gasteiger partial charge in [0.2, 0.25) is 0 Å². The minimum Gasteiger partial charge on any atom is -0.320 e. The Balaban J connectivity index is 1.91. The maximum Gasteiger partial charge on any atom is 0.0772 e. The van der Waals surface area contributed by atoms with E-state index < -0.39 is 0 Å². The fourth-order valence-corrected chi connectivity index (χ4v) is 3.79. The van der Waals surface area contributed by atoms with Crippen LogP contribution >= 0.6 is 11.3 Å². The van der Waals surface area contributed by atoms with Crippen molar-refractivity contribution in [2.24, 2.45) is 5.73 Å².